The van der Waals surface area contributed by atoms with Crippen molar-refractivity contribution < 1.29 is 14.1 Å². The third kappa shape index (κ3) is 2.91. The van der Waals surface area contributed by atoms with Gasteiger partial charge in [0.1, 0.15) is 12.1 Å². The highest BCUT2D eigenvalue weighted by atomic mass is 16.5. The Labute approximate surface area is 158 Å². The van der Waals surface area contributed by atoms with Gasteiger partial charge in [-0.25, -0.2) is 4.79 Å². The zero-order chi connectivity index (χ0) is 19.4. The second-order valence-corrected chi connectivity index (χ2v) is 8.55. The molecule has 0 bridgehead atoms. The first kappa shape index (κ1) is 17.7. The van der Waals surface area contributed by atoms with Crippen LogP contribution < -0.4 is 5.32 Å². The fraction of sp³-hybridized carbons (Fsp3) is 0.500. The number of rotatable bonds is 3. The average molecular weight is 368 g/mol. The van der Waals surface area contributed by atoms with Crippen molar-refractivity contribution in [2.24, 2.45) is 0 Å². The summed E-state index contributed by atoms with van der Waals surface area (Å²) in [5.41, 5.74) is 2.06. The maximum absolute atomic E-state index is 13.1. The Morgan fingerprint density at radius 3 is 2.67 bits per heavy atom. The van der Waals surface area contributed by atoms with Crippen LogP contribution in [0.4, 0.5) is 4.79 Å². The molecule has 0 radical (unpaired) electrons. The van der Waals surface area contributed by atoms with E-state index in [0.29, 0.717) is 5.82 Å². The molecule has 4 rings (SSSR count). The number of urea groups is 1. The fourth-order valence-corrected chi connectivity index (χ4v) is 3.68. The number of carbonyl (C=O) groups excluding carboxylic acids is 2. The molecule has 1 fully saturated rings. The lowest BCUT2D eigenvalue weighted by atomic mass is 9.89. The third-order valence-corrected chi connectivity index (χ3v) is 5.38. The first-order valence-electron chi connectivity index (χ1n) is 9.28. The molecule has 2 aliphatic rings. The van der Waals surface area contributed by atoms with E-state index in [2.05, 4.69) is 27.6 Å². The van der Waals surface area contributed by atoms with Gasteiger partial charge in [0.05, 0.1) is 0 Å². The molecule has 27 heavy (non-hydrogen) atoms. The van der Waals surface area contributed by atoms with Gasteiger partial charge in [0.15, 0.2) is 5.82 Å². The van der Waals surface area contributed by atoms with Crippen LogP contribution in [-0.4, -0.2) is 27.0 Å². The lowest BCUT2D eigenvalue weighted by molar-refractivity contribution is -0.131. The van der Waals surface area contributed by atoms with Crippen molar-refractivity contribution >= 4 is 11.9 Å². The maximum Gasteiger partial charge on any atom is 0.325 e. The molecular formula is C20H24N4O3. The minimum Gasteiger partial charge on any atom is -0.337 e. The molecule has 1 aliphatic carbocycles. The zero-order valence-corrected chi connectivity index (χ0v) is 16.1. The van der Waals surface area contributed by atoms with E-state index in [4.69, 9.17) is 4.52 Å². The maximum atomic E-state index is 13.1. The Morgan fingerprint density at radius 2 is 1.96 bits per heavy atom. The minimum atomic E-state index is -1.08. The predicted octanol–water partition coefficient (Wildman–Crippen LogP) is 2.82. The molecule has 3 amide bonds. The van der Waals surface area contributed by atoms with Crippen molar-refractivity contribution in [3.05, 3.63) is 46.6 Å². The molecular weight excluding hydrogens is 344 g/mol. The van der Waals surface area contributed by atoms with Crippen LogP contribution in [0.2, 0.25) is 0 Å². The number of nitrogens with zero attached hydrogens (tertiary/aromatic N) is 3. The summed E-state index contributed by atoms with van der Waals surface area (Å²) < 4.78 is 5.25. The predicted molar refractivity (Wildman–Crippen MR) is 97.9 cm³/mol. The van der Waals surface area contributed by atoms with Crippen molar-refractivity contribution in [2.75, 3.05) is 0 Å². The van der Waals surface area contributed by atoms with Crippen molar-refractivity contribution in [3.63, 3.8) is 0 Å². The Bertz CT molecular complexity index is 928. The number of benzene rings is 1. The van der Waals surface area contributed by atoms with E-state index in [9.17, 15) is 9.59 Å². The van der Waals surface area contributed by atoms with E-state index < -0.39 is 11.6 Å². The molecule has 0 spiro atoms. The molecule has 142 valence electrons. The first-order valence-corrected chi connectivity index (χ1v) is 9.28. The van der Waals surface area contributed by atoms with Crippen LogP contribution in [0.3, 0.4) is 0 Å². The Kier molecular flexibility index (Phi) is 3.87. The normalized spacial score (nSPS) is 22.3. The molecule has 2 heterocycles. The van der Waals surface area contributed by atoms with Crippen molar-refractivity contribution in [2.45, 2.75) is 64.5 Å². The van der Waals surface area contributed by atoms with Gasteiger partial charge in [0.2, 0.25) is 5.89 Å². The molecule has 0 saturated carbocycles. The van der Waals surface area contributed by atoms with Crippen LogP contribution >= 0.6 is 0 Å². The molecule has 7 heteroatoms. The van der Waals surface area contributed by atoms with Crippen LogP contribution in [0.15, 0.2) is 22.7 Å². The van der Waals surface area contributed by atoms with Crippen LogP contribution in [-0.2, 0) is 35.1 Å². The molecule has 1 aliphatic heterocycles. The van der Waals surface area contributed by atoms with Crippen LogP contribution in [0.25, 0.3) is 0 Å². The number of hydrogen-bond donors (Lipinski definition) is 1. The molecule has 1 saturated heterocycles. The van der Waals surface area contributed by atoms with E-state index in [1.807, 2.05) is 26.8 Å². The third-order valence-electron chi connectivity index (χ3n) is 5.38. The van der Waals surface area contributed by atoms with Crippen molar-refractivity contribution in [1.82, 2.24) is 20.4 Å². The highest BCUT2D eigenvalue weighted by Gasteiger charge is 2.49. The lowest BCUT2D eigenvalue weighted by Crippen LogP contribution is -2.41. The highest BCUT2D eigenvalue weighted by molar-refractivity contribution is 6.07. The van der Waals surface area contributed by atoms with E-state index in [1.54, 1.807) is 6.92 Å². The summed E-state index contributed by atoms with van der Waals surface area (Å²) in [6.07, 6.45) is 3.23. The number of imide groups is 1. The summed E-state index contributed by atoms with van der Waals surface area (Å²) in [4.78, 5) is 31.1. The Hall–Kier alpha value is -2.70. The van der Waals surface area contributed by atoms with Gasteiger partial charge >= 0.3 is 6.03 Å². The summed E-state index contributed by atoms with van der Waals surface area (Å²) in [6.45, 7) is 7.63. The summed E-state index contributed by atoms with van der Waals surface area (Å²) in [5.74, 6) is 0.494. The monoisotopic (exact) mass is 368 g/mol. The highest BCUT2D eigenvalue weighted by Crippen LogP contribution is 2.33. The van der Waals surface area contributed by atoms with Gasteiger partial charge in [-0.2, -0.15) is 4.98 Å². The Morgan fingerprint density at radius 1 is 1.22 bits per heavy atom. The first-order chi connectivity index (χ1) is 12.7. The van der Waals surface area contributed by atoms with E-state index in [-0.39, 0.29) is 23.8 Å². The standard InChI is InChI=1S/C20H24N4O3/c1-19(2,3)16-21-15(27-23-16)11-24-17(25)20(4,22-18(24)26)14-9-8-12-6-5-7-13(12)10-14/h8-10H,5-7,11H2,1-4H3,(H,22,26). The zero-order valence-electron chi connectivity index (χ0n) is 16.1. The minimum absolute atomic E-state index is 0.0335. The lowest BCUT2D eigenvalue weighted by Gasteiger charge is -2.23. The van der Waals surface area contributed by atoms with Gasteiger partial charge in [-0.15, -0.1) is 0 Å². The summed E-state index contributed by atoms with van der Waals surface area (Å²) in [5, 5.41) is 6.80. The summed E-state index contributed by atoms with van der Waals surface area (Å²) in [6, 6.07) is 5.61. The van der Waals surface area contributed by atoms with Crippen molar-refractivity contribution in [1.29, 1.82) is 0 Å². The van der Waals surface area contributed by atoms with E-state index in [0.717, 1.165) is 29.7 Å². The second kappa shape index (κ2) is 5.90. The molecule has 7 nitrogen and oxygen atoms in total. The van der Waals surface area contributed by atoms with Gasteiger partial charge in [0, 0.05) is 5.41 Å². The number of amides is 3. The SMILES string of the molecule is CC(C)(C)c1noc(CN2C(=O)NC(C)(c3ccc4c(c3)CCC4)C2=O)n1. The van der Waals surface area contributed by atoms with Gasteiger partial charge in [0.25, 0.3) is 5.91 Å². The largest absolute Gasteiger partial charge is 0.337 e. The van der Waals surface area contributed by atoms with E-state index in [1.165, 1.54) is 11.1 Å². The van der Waals surface area contributed by atoms with Gasteiger partial charge in [-0.05, 0) is 42.9 Å². The molecule has 1 atom stereocenters. The van der Waals surface area contributed by atoms with Gasteiger partial charge in [-0.1, -0.05) is 44.1 Å². The number of carbonyl (C=O) groups is 2. The number of aryl methyl sites for hydroxylation is 2. The van der Waals surface area contributed by atoms with Gasteiger partial charge < -0.3 is 9.84 Å². The molecule has 2 aromatic rings. The number of aromatic nitrogens is 2. The van der Waals surface area contributed by atoms with E-state index >= 15 is 0 Å². The number of hydrogen-bond acceptors (Lipinski definition) is 5. The van der Waals surface area contributed by atoms with Crippen molar-refractivity contribution in [3.8, 4) is 0 Å². The van der Waals surface area contributed by atoms with Crippen LogP contribution in [0, 0.1) is 0 Å². The molecule has 1 aromatic carbocycles. The second-order valence-electron chi connectivity index (χ2n) is 8.55. The topological polar surface area (TPSA) is 88.3 Å². The number of nitrogens with one attached hydrogen (secondary N) is 1. The Balaban J connectivity index is 1.59. The average Bonchev–Trinajstić information content (AvgIpc) is 3.30. The quantitative estimate of drug-likeness (QED) is 0.842. The molecule has 1 aromatic heterocycles. The smallest absolute Gasteiger partial charge is 0.325 e. The van der Waals surface area contributed by atoms with Crippen LogP contribution in [0.5, 0.6) is 0 Å². The van der Waals surface area contributed by atoms with Crippen LogP contribution in [0.1, 0.15) is 62.5 Å². The number of fused-ring (bicyclic) bond motifs is 1. The summed E-state index contributed by atoms with van der Waals surface area (Å²) >= 11 is 0. The summed E-state index contributed by atoms with van der Waals surface area (Å²) in [7, 11) is 0. The molecule has 1 N–H and O–H groups in total. The van der Waals surface area contributed by atoms with Gasteiger partial charge in [-0.3, -0.25) is 9.69 Å². The molecule has 1 unspecified atom stereocenters. The fourth-order valence-electron chi connectivity index (χ4n) is 3.68.